The first-order valence-corrected chi connectivity index (χ1v) is 9.00. The van der Waals surface area contributed by atoms with Crippen molar-refractivity contribution < 1.29 is 9.90 Å². The van der Waals surface area contributed by atoms with Crippen LogP contribution >= 0.6 is 0 Å². The molecular weight excluding hydrogens is 296 g/mol. The predicted molar refractivity (Wildman–Crippen MR) is 105 cm³/mol. The van der Waals surface area contributed by atoms with Crippen molar-refractivity contribution in [3.8, 4) is 0 Å². The summed E-state index contributed by atoms with van der Waals surface area (Å²) in [4.78, 5) is 10.2. The lowest BCUT2D eigenvalue weighted by atomic mass is 10.1. The number of carboxylic acids is 1. The summed E-state index contributed by atoms with van der Waals surface area (Å²) in [5.74, 6) is -0.936. The summed E-state index contributed by atoms with van der Waals surface area (Å²) in [6, 6.07) is 0. The van der Waals surface area contributed by atoms with Crippen molar-refractivity contribution in [1.29, 1.82) is 0 Å². The molecule has 0 rings (SSSR count). The van der Waals surface area contributed by atoms with Crippen LogP contribution in [0.2, 0.25) is 0 Å². The van der Waals surface area contributed by atoms with Crippen LogP contribution in [0.1, 0.15) is 58.3 Å². The molecule has 0 heterocycles. The Kier molecular flexibility index (Phi) is 17.3. The Morgan fingerprint density at radius 2 is 1.12 bits per heavy atom. The lowest BCUT2D eigenvalue weighted by molar-refractivity contribution is -0.131. The first-order chi connectivity index (χ1) is 11.8. The largest absolute Gasteiger partial charge is 0.478 e. The van der Waals surface area contributed by atoms with Crippen molar-refractivity contribution in [2.75, 3.05) is 0 Å². The fraction of sp³-hybridized carbons (Fsp3) is 0.409. The van der Waals surface area contributed by atoms with Gasteiger partial charge in [-0.15, -0.1) is 0 Å². The quantitative estimate of drug-likeness (QED) is 0.223. The van der Waals surface area contributed by atoms with Gasteiger partial charge in [-0.05, 0) is 12.8 Å². The van der Waals surface area contributed by atoms with Crippen LogP contribution in [0.4, 0.5) is 0 Å². The second kappa shape index (κ2) is 19.0. The molecule has 0 bridgehead atoms. The molecule has 1 N–H and O–H groups in total. The molecule has 0 fully saturated rings. The van der Waals surface area contributed by atoms with Crippen LogP contribution in [0.5, 0.6) is 0 Å². The summed E-state index contributed by atoms with van der Waals surface area (Å²) in [5, 5.41) is 8.39. The van der Waals surface area contributed by atoms with Crippen molar-refractivity contribution >= 4 is 5.97 Å². The Balaban J connectivity index is 3.57. The van der Waals surface area contributed by atoms with Gasteiger partial charge in [0.1, 0.15) is 0 Å². The normalized spacial score (nSPS) is 13.0. The monoisotopic (exact) mass is 328 g/mol. The molecule has 2 heteroatoms. The van der Waals surface area contributed by atoms with Gasteiger partial charge in [0.2, 0.25) is 0 Å². The third-order valence-corrected chi connectivity index (χ3v) is 3.35. The summed E-state index contributed by atoms with van der Waals surface area (Å²) in [6.45, 7) is 2.25. The highest BCUT2D eigenvalue weighted by molar-refractivity contribution is 5.80. The van der Waals surface area contributed by atoms with E-state index in [4.69, 9.17) is 5.11 Å². The van der Waals surface area contributed by atoms with Gasteiger partial charge in [-0.25, -0.2) is 4.79 Å². The van der Waals surface area contributed by atoms with E-state index in [-0.39, 0.29) is 0 Å². The molecule has 132 valence electrons. The minimum atomic E-state index is -0.936. The Labute approximate surface area is 147 Å². The van der Waals surface area contributed by atoms with Gasteiger partial charge in [-0.1, -0.05) is 112 Å². The van der Waals surface area contributed by atoms with Crippen LogP contribution in [0, 0.1) is 0 Å². The molecule has 0 unspecified atom stereocenters. The molecule has 24 heavy (non-hydrogen) atoms. The molecule has 0 aliphatic rings. The molecule has 0 aliphatic heterocycles. The third-order valence-electron chi connectivity index (χ3n) is 3.35. The van der Waals surface area contributed by atoms with Crippen LogP contribution in [0.3, 0.4) is 0 Å². The fourth-order valence-corrected chi connectivity index (χ4v) is 2.05. The molecule has 0 aromatic rings. The maximum Gasteiger partial charge on any atom is 0.328 e. The van der Waals surface area contributed by atoms with Gasteiger partial charge in [-0.3, -0.25) is 0 Å². The SMILES string of the molecule is CCCCCCCCCC=C/C=C/C=C\C=C\C=CC=CC(=O)O. The molecule has 2 nitrogen and oxygen atoms in total. The number of carbonyl (C=O) groups is 1. The lowest BCUT2D eigenvalue weighted by Gasteiger charge is -1.98. The summed E-state index contributed by atoms with van der Waals surface area (Å²) < 4.78 is 0. The number of aliphatic carboxylic acids is 1. The van der Waals surface area contributed by atoms with Gasteiger partial charge in [0.25, 0.3) is 0 Å². The highest BCUT2D eigenvalue weighted by atomic mass is 16.4. The van der Waals surface area contributed by atoms with Crippen LogP contribution in [-0.4, -0.2) is 11.1 Å². The second-order valence-corrected chi connectivity index (χ2v) is 5.58. The predicted octanol–water partition coefficient (Wildman–Crippen LogP) is 6.55. The molecule has 0 amide bonds. The van der Waals surface area contributed by atoms with E-state index >= 15 is 0 Å². The standard InChI is InChI=1S/C22H32O2/c1-2-3-4-5-6-7-8-9-10-11-12-13-14-15-16-17-18-19-20-21-22(23)24/h10-21H,2-9H2,1H3,(H,23,24)/b11-10?,13-12+,15-14-,17-16+,19-18?,21-20?. The minimum Gasteiger partial charge on any atom is -0.478 e. The second-order valence-electron chi connectivity index (χ2n) is 5.58. The number of unbranched alkanes of at least 4 members (excludes halogenated alkanes) is 7. The lowest BCUT2D eigenvalue weighted by Crippen LogP contribution is -1.84. The zero-order valence-corrected chi connectivity index (χ0v) is 14.9. The molecule has 0 aromatic heterocycles. The maximum atomic E-state index is 10.2. The topological polar surface area (TPSA) is 37.3 Å². The van der Waals surface area contributed by atoms with Crippen molar-refractivity contribution in [1.82, 2.24) is 0 Å². The average Bonchev–Trinajstić information content (AvgIpc) is 2.56. The third kappa shape index (κ3) is 19.9. The summed E-state index contributed by atoms with van der Waals surface area (Å²) in [5.41, 5.74) is 0. The Morgan fingerprint density at radius 3 is 1.67 bits per heavy atom. The molecule has 0 radical (unpaired) electrons. The van der Waals surface area contributed by atoms with E-state index in [1.54, 1.807) is 12.2 Å². The number of carboxylic acid groups (broad SMARTS) is 1. The van der Waals surface area contributed by atoms with Gasteiger partial charge >= 0.3 is 5.97 Å². The van der Waals surface area contributed by atoms with Crippen molar-refractivity contribution in [2.45, 2.75) is 58.3 Å². The van der Waals surface area contributed by atoms with Gasteiger partial charge in [-0.2, -0.15) is 0 Å². The van der Waals surface area contributed by atoms with Gasteiger partial charge in [0.05, 0.1) is 0 Å². The van der Waals surface area contributed by atoms with Crippen molar-refractivity contribution in [2.24, 2.45) is 0 Å². The highest BCUT2D eigenvalue weighted by Crippen LogP contribution is 2.08. The summed E-state index contributed by atoms with van der Waals surface area (Å²) in [7, 11) is 0. The minimum absolute atomic E-state index is 0.936. The molecule has 0 saturated heterocycles. The first kappa shape index (κ1) is 21.9. The number of hydrogen-bond donors (Lipinski definition) is 1. The van der Waals surface area contributed by atoms with Gasteiger partial charge in [0, 0.05) is 6.08 Å². The Bertz CT molecular complexity index is 462. The Hall–Kier alpha value is -2.09. The van der Waals surface area contributed by atoms with Gasteiger partial charge < -0.3 is 5.11 Å². The van der Waals surface area contributed by atoms with E-state index in [0.29, 0.717) is 0 Å². The number of hydrogen-bond acceptors (Lipinski definition) is 1. The molecule has 0 aromatic carbocycles. The van der Waals surface area contributed by atoms with E-state index in [1.165, 1.54) is 51.0 Å². The van der Waals surface area contributed by atoms with E-state index < -0.39 is 5.97 Å². The van der Waals surface area contributed by atoms with Gasteiger partial charge in [0.15, 0.2) is 0 Å². The van der Waals surface area contributed by atoms with Crippen molar-refractivity contribution in [3.05, 3.63) is 72.9 Å². The van der Waals surface area contributed by atoms with Crippen LogP contribution in [-0.2, 0) is 4.79 Å². The molecular formula is C22H32O2. The van der Waals surface area contributed by atoms with E-state index in [2.05, 4.69) is 19.1 Å². The highest BCUT2D eigenvalue weighted by Gasteiger charge is 1.88. The Morgan fingerprint density at radius 1 is 0.667 bits per heavy atom. The first-order valence-electron chi connectivity index (χ1n) is 9.00. The number of allylic oxidation sites excluding steroid dienone is 11. The zero-order chi connectivity index (χ0) is 17.7. The van der Waals surface area contributed by atoms with Crippen molar-refractivity contribution in [3.63, 3.8) is 0 Å². The van der Waals surface area contributed by atoms with E-state index in [1.807, 2.05) is 36.5 Å². The van der Waals surface area contributed by atoms with E-state index in [0.717, 1.165) is 12.5 Å². The summed E-state index contributed by atoms with van der Waals surface area (Å²) >= 11 is 0. The molecule has 0 atom stereocenters. The van der Waals surface area contributed by atoms with Crippen LogP contribution < -0.4 is 0 Å². The average molecular weight is 328 g/mol. The van der Waals surface area contributed by atoms with Crippen LogP contribution in [0.15, 0.2) is 72.9 Å². The molecule has 0 aliphatic carbocycles. The zero-order valence-electron chi connectivity index (χ0n) is 14.9. The van der Waals surface area contributed by atoms with E-state index in [9.17, 15) is 4.79 Å². The fourth-order valence-electron chi connectivity index (χ4n) is 2.05. The number of rotatable bonds is 14. The molecule has 0 spiro atoms. The smallest absolute Gasteiger partial charge is 0.328 e. The maximum absolute atomic E-state index is 10.2. The summed E-state index contributed by atoms with van der Waals surface area (Å²) in [6.07, 6.45) is 32.7. The van der Waals surface area contributed by atoms with Crippen LogP contribution in [0.25, 0.3) is 0 Å². The molecule has 0 saturated carbocycles.